The van der Waals surface area contributed by atoms with Crippen molar-refractivity contribution in [3.63, 3.8) is 0 Å². The summed E-state index contributed by atoms with van der Waals surface area (Å²) < 4.78 is 28.0. The third-order valence-electron chi connectivity index (χ3n) is 0.587. The van der Waals surface area contributed by atoms with Gasteiger partial charge in [-0.3, -0.25) is 4.55 Å². The summed E-state index contributed by atoms with van der Waals surface area (Å²) >= 11 is 0. The highest BCUT2D eigenvalue weighted by Crippen LogP contribution is 1.82. The molecule has 0 aliphatic carbocycles. The first-order chi connectivity index (χ1) is 4.97. The second kappa shape index (κ2) is 7.67. The topological polar surface area (TPSA) is 83.8 Å². The van der Waals surface area contributed by atoms with Gasteiger partial charge >= 0.3 is 10.4 Å². The molecule has 0 heterocycles. The zero-order valence-corrected chi connectivity index (χ0v) is 7.04. The van der Waals surface area contributed by atoms with Gasteiger partial charge in [0.15, 0.2) is 0 Å². The fourth-order valence-corrected chi connectivity index (χ4v) is 0.204. The number of allylic oxidation sites excluding steroid dienone is 1. The van der Waals surface area contributed by atoms with E-state index in [9.17, 15) is 0 Å². The first kappa shape index (κ1) is 13.2. The van der Waals surface area contributed by atoms with Gasteiger partial charge in [-0.25, -0.2) is 5.26 Å². The van der Waals surface area contributed by atoms with Crippen molar-refractivity contribution >= 4 is 10.4 Å². The fourth-order valence-electron chi connectivity index (χ4n) is 0.204. The lowest BCUT2D eigenvalue weighted by atomic mass is 10.3. The highest BCUT2D eigenvalue weighted by molar-refractivity contribution is 7.80. The minimum absolute atomic E-state index is 1.15. The molecule has 0 unspecified atom stereocenters. The van der Waals surface area contributed by atoms with Crippen molar-refractivity contribution in [3.8, 4) is 0 Å². The smallest absolute Gasteiger partial charge is 0.262 e. The van der Waals surface area contributed by atoms with Gasteiger partial charge in [-0.15, -0.1) is 6.58 Å². The molecule has 0 atom stereocenters. The monoisotopic (exact) mass is 184 g/mol. The van der Waals surface area contributed by atoms with Gasteiger partial charge in [-0.05, 0) is 6.42 Å². The molecule has 0 fully saturated rings. The second-order valence-electron chi connectivity index (χ2n) is 1.58. The van der Waals surface area contributed by atoms with Crippen molar-refractivity contribution in [1.82, 2.24) is 0 Å². The predicted octanol–water partition coefficient (Wildman–Crippen LogP) is 1.25. The summed E-state index contributed by atoms with van der Waals surface area (Å²) in [6.07, 6.45) is 4.31. The molecule has 0 spiro atoms. The Morgan fingerprint density at radius 2 is 2.00 bits per heavy atom. The van der Waals surface area contributed by atoms with Crippen LogP contribution >= 0.6 is 0 Å². The molecule has 0 bridgehead atoms. The molecule has 2 N–H and O–H groups in total. The molecule has 0 aliphatic heterocycles. The average molecular weight is 184 g/mol. The highest BCUT2D eigenvalue weighted by atomic mass is 32.3. The molecular formula is C5H12O5S. The standard InChI is InChI=1S/C5H10.H2O5S/c1-3-5-4-2;1-5-6(2,3)4/h3H,1,4-5H2,2H3;1H,(H,2,3,4). The Balaban J connectivity index is 0. The molecule has 0 saturated heterocycles. The summed E-state index contributed by atoms with van der Waals surface area (Å²) in [5.74, 6) is 0. The van der Waals surface area contributed by atoms with E-state index in [1.807, 2.05) is 6.08 Å². The zero-order chi connectivity index (χ0) is 9.33. The molecule has 68 valence electrons. The minimum atomic E-state index is -4.61. The van der Waals surface area contributed by atoms with E-state index in [0.29, 0.717) is 0 Å². The summed E-state index contributed by atoms with van der Waals surface area (Å²) in [6.45, 7) is 5.69. The van der Waals surface area contributed by atoms with Crippen LogP contribution in [-0.4, -0.2) is 18.2 Å². The van der Waals surface area contributed by atoms with Crippen LogP contribution in [0.15, 0.2) is 12.7 Å². The predicted molar refractivity (Wildman–Crippen MR) is 40.4 cm³/mol. The van der Waals surface area contributed by atoms with E-state index >= 15 is 0 Å². The Bertz CT molecular complexity index is 171. The quantitative estimate of drug-likeness (QED) is 0.298. The van der Waals surface area contributed by atoms with Gasteiger partial charge in [0.1, 0.15) is 0 Å². The number of hydrogen-bond donors (Lipinski definition) is 2. The first-order valence-electron chi connectivity index (χ1n) is 2.89. The van der Waals surface area contributed by atoms with E-state index in [1.54, 1.807) is 0 Å². The molecule has 0 amide bonds. The molecule has 11 heavy (non-hydrogen) atoms. The van der Waals surface area contributed by atoms with Crippen molar-refractivity contribution in [2.24, 2.45) is 0 Å². The maximum Gasteiger partial charge on any atom is 0.423 e. The fraction of sp³-hybridized carbons (Fsp3) is 0.600. The van der Waals surface area contributed by atoms with Crippen molar-refractivity contribution in [1.29, 1.82) is 0 Å². The van der Waals surface area contributed by atoms with E-state index in [4.69, 9.17) is 18.2 Å². The van der Waals surface area contributed by atoms with Crippen LogP contribution in [0.4, 0.5) is 0 Å². The number of unbranched alkanes of at least 4 members (excludes halogenated alkanes) is 1. The summed E-state index contributed by atoms with van der Waals surface area (Å²) in [7, 11) is -4.61. The normalized spacial score (nSPS) is 9.73. The van der Waals surface area contributed by atoms with Gasteiger partial charge in [-0.2, -0.15) is 8.42 Å². The second-order valence-corrected chi connectivity index (χ2v) is 2.58. The van der Waals surface area contributed by atoms with E-state index in [-0.39, 0.29) is 0 Å². The first-order valence-corrected chi connectivity index (χ1v) is 4.25. The van der Waals surface area contributed by atoms with Crippen LogP contribution in [0.5, 0.6) is 0 Å². The van der Waals surface area contributed by atoms with Crippen molar-refractivity contribution in [2.75, 3.05) is 0 Å². The van der Waals surface area contributed by atoms with Crippen LogP contribution in [-0.2, 0) is 14.7 Å². The molecule has 6 heteroatoms. The van der Waals surface area contributed by atoms with E-state index < -0.39 is 10.4 Å². The summed E-state index contributed by atoms with van der Waals surface area (Å²) in [4.78, 5) is 0. The van der Waals surface area contributed by atoms with Gasteiger partial charge < -0.3 is 0 Å². The molecule has 0 aromatic carbocycles. The largest absolute Gasteiger partial charge is 0.423 e. The van der Waals surface area contributed by atoms with Crippen LogP contribution in [0, 0.1) is 0 Å². The summed E-state index contributed by atoms with van der Waals surface area (Å²) in [5.41, 5.74) is 0. The number of hydrogen-bond acceptors (Lipinski definition) is 4. The molecule has 0 radical (unpaired) electrons. The maximum absolute atomic E-state index is 9.08. The Kier molecular flexibility index (Phi) is 9.20. The zero-order valence-electron chi connectivity index (χ0n) is 6.23. The van der Waals surface area contributed by atoms with Gasteiger partial charge in [0, 0.05) is 0 Å². The van der Waals surface area contributed by atoms with Crippen molar-refractivity contribution < 1.29 is 22.6 Å². The minimum Gasteiger partial charge on any atom is -0.262 e. The Morgan fingerprint density at radius 3 is 2.00 bits per heavy atom. The van der Waals surface area contributed by atoms with Crippen LogP contribution in [0.3, 0.4) is 0 Å². The lowest BCUT2D eigenvalue weighted by Gasteiger charge is -1.79. The van der Waals surface area contributed by atoms with E-state index in [2.05, 4.69) is 17.8 Å². The van der Waals surface area contributed by atoms with Gasteiger partial charge in [-0.1, -0.05) is 23.8 Å². The number of rotatable bonds is 3. The van der Waals surface area contributed by atoms with Gasteiger partial charge in [0.25, 0.3) is 0 Å². The van der Waals surface area contributed by atoms with Crippen LogP contribution < -0.4 is 0 Å². The third kappa shape index (κ3) is 26.3. The van der Waals surface area contributed by atoms with Crippen molar-refractivity contribution in [3.05, 3.63) is 12.7 Å². The molecule has 0 aromatic heterocycles. The van der Waals surface area contributed by atoms with Crippen LogP contribution in [0.25, 0.3) is 0 Å². The Hall–Kier alpha value is -0.430. The summed E-state index contributed by atoms with van der Waals surface area (Å²) in [5, 5.41) is 7.06. The van der Waals surface area contributed by atoms with Crippen LogP contribution in [0.1, 0.15) is 19.8 Å². The average Bonchev–Trinajstić information content (AvgIpc) is 1.90. The van der Waals surface area contributed by atoms with E-state index in [0.717, 1.165) is 6.42 Å². The van der Waals surface area contributed by atoms with Gasteiger partial charge in [0.2, 0.25) is 0 Å². The molecule has 0 rings (SSSR count). The van der Waals surface area contributed by atoms with Crippen molar-refractivity contribution in [2.45, 2.75) is 19.8 Å². The highest BCUT2D eigenvalue weighted by Gasteiger charge is 1.97. The molecular weight excluding hydrogens is 172 g/mol. The molecule has 0 saturated carbocycles. The Morgan fingerprint density at radius 1 is 1.64 bits per heavy atom. The molecule has 5 nitrogen and oxygen atoms in total. The lowest BCUT2D eigenvalue weighted by molar-refractivity contribution is -0.139. The Labute approximate surface area is 66.2 Å². The summed E-state index contributed by atoms with van der Waals surface area (Å²) in [6, 6.07) is 0. The maximum atomic E-state index is 9.08. The molecule has 0 aromatic rings. The van der Waals surface area contributed by atoms with Crippen LogP contribution in [0.2, 0.25) is 0 Å². The lowest BCUT2D eigenvalue weighted by Crippen LogP contribution is -1.97. The molecule has 0 aliphatic rings. The third-order valence-corrected chi connectivity index (χ3v) is 0.775. The SMILES string of the molecule is C=CCCC.O=S(=O)(O)OO. The van der Waals surface area contributed by atoms with E-state index in [1.165, 1.54) is 6.42 Å². The van der Waals surface area contributed by atoms with Gasteiger partial charge in [0.05, 0.1) is 0 Å².